The molecular formula is C5H9Cl3OSn. The first-order chi connectivity index (χ1) is 3.92. The van der Waals surface area contributed by atoms with Crippen molar-refractivity contribution in [3.8, 4) is 0 Å². The van der Waals surface area contributed by atoms with Crippen molar-refractivity contribution in [3.63, 3.8) is 0 Å². The third kappa shape index (κ3) is 12.1. The standard InChI is InChI=1S/C5H7Cl3O.Sn.2H/c1-4(9)2-3-5(6,7)8;;;/h2-3H2,1H3;;;. The van der Waals surface area contributed by atoms with Crippen LogP contribution in [0.15, 0.2) is 0 Å². The van der Waals surface area contributed by atoms with E-state index < -0.39 is 3.79 Å². The van der Waals surface area contributed by atoms with Gasteiger partial charge in [0.15, 0.2) is 3.79 Å². The molecule has 0 saturated carbocycles. The van der Waals surface area contributed by atoms with Crippen molar-refractivity contribution in [2.45, 2.75) is 23.6 Å². The fraction of sp³-hybridized carbons (Fsp3) is 0.800. The summed E-state index contributed by atoms with van der Waals surface area (Å²) in [6, 6.07) is 0. The number of rotatable bonds is 2. The number of halogens is 3. The molecule has 0 bridgehead atoms. The predicted molar refractivity (Wildman–Crippen MR) is 48.7 cm³/mol. The van der Waals surface area contributed by atoms with E-state index in [0.717, 1.165) is 0 Å². The van der Waals surface area contributed by atoms with E-state index in [1.807, 2.05) is 0 Å². The van der Waals surface area contributed by atoms with Gasteiger partial charge >= 0.3 is 23.9 Å². The first-order valence-electron chi connectivity index (χ1n) is 2.48. The van der Waals surface area contributed by atoms with Gasteiger partial charge in [0, 0.05) is 12.8 Å². The molecule has 0 unspecified atom stereocenters. The van der Waals surface area contributed by atoms with Gasteiger partial charge in [-0.2, -0.15) is 0 Å². The number of alkyl halides is 3. The van der Waals surface area contributed by atoms with Gasteiger partial charge in [-0.05, 0) is 6.92 Å². The molecule has 0 heterocycles. The first-order valence-corrected chi connectivity index (χ1v) is 3.61. The molecule has 0 aromatic heterocycles. The van der Waals surface area contributed by atoms with Crippen molar-refractivity contribution in [2.24, 2.45) is 0 Å². The summed E-state index contributed by atoms with van der Waals surface area (Å²) < 4.78 is -1.27. The van der Waals surface area contributed by atoms with E-state index in [1.165, 1.54) is 6.92 Å². The van der Waals surface area contributed by atoms with Crippen molar-refractivity contribution >= 4 is 64.5 Å². The summed E-state index contributed by atoms with van der Waals surface area (Å²) in [6.45, 7) is 1.47. The normalized spacial score (nSPS) is 10.4. The zero-order valence-corrected chi connectivity index (χ0v) is 12.0. The second-order valence-corrected chi connectivity index (χ2v) is 4.33. The van der Waals surface area contributed by atoms with E-state index in [9.17, 15) is 4.79 Å². The molecule has 0 aliphatic carbocycles. The molecule has 0 atom stereocenters. The number of hydrogen-bond donors (Lipinski definition) is 0. The number of carbonyl (C=O) groups excluding carboxylic acids is 1. The van der Waals surface area contributed by atoms with Gasteiger partial charge in [-0.3, -0.25) is 0 Å². The van der Waals surface area contributed by atoms with Gasteiger partial charge in [0.2, 0.25) is 0 Å². The summed E-state index contributed by atoms with van der Waals surface area (Å²) >= 11 is 16.1. The quantitative estimate of drug-likeness (QED) is 0.562. The van der Waals surface area contributed by atoms with E-state index in [0.29, 0.717) is 12.8 Å². The van der Waals surface area contributed by atoms with Crippen LogP contribution in [0.1, 0.15) is 19.8 Å². The molecule has 0 fully saturated rings. The van der Waals surface area contributed by atoms with Gasteiger partial charge < -0.3 is 4.79 Å². The van der Waals surface area contributed by atoms with E-state index in [4.69, 9.17) is 34.8 Å². The minimum absolute atomic E-state index is 0. The maximum absolute atomic E-state index is 10.3. The van der Waals surface area contributed by atoms with Crippen LogP contribution in [0.5, 0.6) is 0 Å². The second kappa shape index (κ2) is 5.92. The molecule has 5 heteroatoms. The van der Waals surface area contributed by atoms with Gasteiger partial charge in [0.25, 0.3) is 0 Å². The molecule has 0 aromatic rings. The van der Waals surface area contributed by atoms with Crippen LogP contribution >= 0.6 is 34.8 Å². The zero-order valence-electron chi connectivity index (χ0n) is 5.66. The Labute approximate surface area is 92.3 Å². The van der Waals surface area contributed by atoms with Crippen molar-refractivity contribution in [1.82, 2.24) is 0 Å². The van der Waals surface area contributed by atoms with Crippen LogP contribution < -0.4 is 0 Å². The summed E-state index contributed by atoms with van der Waals surface area (Å²) in [7, 11) is 0. The van der Waals surface area contributed by atoms with Gasteiger partial charge in [0.05, 0.1) is 0 Å². The maximum atomic E-state index is 10.3. The summed E-state index contributed by atoms with van der Waals surface area (Å²) in [6.07, 6.45) is 0.628. The molecule has 0 saturated heterocycles. The summed E-state index contributed by atoms with van der Waals surface area (Å²) in [5, 5.41) is 0. The number of hydrogen-bond acceptors (Lipinski definition) is 1. The molecule has 0 spiro atoms. The van der Waals surface area contributed by atoms with Crippen LogP contribution in [0.3, 0.4) is 0 Å². The Hall–Kier alpha value is 1.34. The van der Waals surface area contributed by atoms with Crippen LogP contribution in [0.4, 0.5) is 0 Å². The van der Waals surface area contributed by atoms with Gasteiger partial charge in [-0.1, -0.05) is 34.8 Å². The Balaban J connectivity index is 0. The van der Waals surface area contributed by atoms with Crippen molar-refractivity contribution in [1.29, 1.82) is 0 Å². The zero-order chi connectivity index (χ0) is 7.49. The molecule has 0 aromatic carbocycles. The monoisotopic (exact) mass is 310 g/mol. The Bertz CT molecular complexity index is 110. The average Bonchev–Trinajstić information content (AvgIpc) is 1.59. The Morgan fingerprint density at radius 3 is 1.90 bits per heavy atom. The van der Waals surface area contributed by atoms with Crippen LogP contribution in [0.2, 0.25) is 0 Å². The average molecular weight is 310 g/mol. The van der Waals surface area contributed by atoms with Crippen LogP contribution in [-0.2, 0) is 4.79 Å². The third-order valence-electron chi connectivity index (χ3n) is 0.761. The molecule has 60 valence electrons. The van der Waals surface area contributed by atoms with E-state index in [2.05, 4.69) is 0 Å². The van der Waals surface area contributed by atoms with Crippen LogP contribution in [0, 0.1) is 0 Å². The minimum atomic E-state index is -1.27. The summed E-state index contributed by atoms with van der Waals surface area (Å²) in [5.74, 6) is 0.0429. The van der Waals surface area contributed by atoms with Gasteiger partial charge in [0.1, 0.15) is 5.78 Å². The van der Waals surface area contributed by atoms with Crippen molar-refractivity contribution in [2.75, 3.05) is 0 Å². The SMILES string of the molecule is CC(=O)CCC(Cl)(Cl)Cl.[SnH2]. The third-order valence-corrected chi connectivity index (χ3v) is 1.33. The Morgan fingerprint density at radius 1 is 1.40 bits per heavy atom. The summed E-state index contributed by atoms with van der Waals surface area (Å²) in [4.78, 5) is 10.3. The fourth-order valence-electron chi connectivity index (χ4n) is 0.318. The molecule has 0 aliphatic heterocycles. The molecule has 10 heavy (non-hydrogen) atoms. The molecule has 0 N–H and O–H groups in total. The fourth-order valence-corrected chi connectivity index (χ4v) is 0.601. The molecule has 0 amide bonds. The Kier molecular flexibility index (Phi) is 8.23. The Morgan fingerprint density at radius 2 is 1.80 bits per heavy atom. The van der Waals surface area contributed by atoms with Gasteiger partial charge in [-0.15, -0.1) is 0 Å². The molecule has 0 rings (SSSR count). The number of Topliss-reactive ketones (excluding diaryl/α,β-unsaturated/α-hetero) is 1. The van der Waals surface area contributed by atoms with Crippen LogP contribution in [0.25, 0.3) is 0 Å². The van der Waals surface area contributed by atoms with Crippen molar-refractivity contribution < 1.29 is 4.79 Å². The molecular weight excluding hydrogens is 301 g/mol. The van der Waals surface area contributed by atoms with E-state index in [-0.39, 0.29) is 29.7 Å². The predicted octanol–water partition coefficient (Wildman–Crippen LogP) is 1.81. The summed E-state index contributed by atoms with van der Waals surface area (Å²) in [5.41, 5.74) is 0. The number of carbonyl (C=O) groups is 1. The molecule has 2 radical (unpaired) electrons. The second-order valence-electron chi connectivity index (χ2n) is 1.82. The van der Waals surface area contributed by atoms with E-state index >= 15 is 0 Å². The first kappa shape index (κ1) is 13.9. The van der Waals surface area contributed by atoms with Crippen molar-refractivity contribution in [3.05, 3.63) is 0 Å². The van der Waals surface area contributed by atoms with Gasteiger partial charge in [-0.25, -0.2) is 0 Å². The van der Waals surface area contributed by atoms with Crippen LogP contribution in [-0.4, -0.2) is 33.5 Å². The van der Waals surface area contributed by atoms with E-state index in [1.54, 1.807) is 0 Å². The number of ketones is 1. The molecule has 1 nitrogen and oxygen atoms in total. The molecule has 0 aliphatic rings. The topological polar surface area (TPSA) is 17.1 Å².